The molecule has 0 radical (unpaired) electrons. The van der Waals surface area contributed by atoms with Crippen molar-refractivity contribution in [3.8, 4) is 0 Å². The minimum atomic E-state index is -1.44. The smallest absolute Gasteiger partial charge is 0.332 e. The predicted octanol–water partition coefficient (Wildman–Crippen LogP) is 0.560. The Morgan fingerprint density at radius 1 is 1.41 bits per heavy atom. The SMILES string of the molecule is Cc1cccc(C(=O)NCCC(O)C(=O)O)c1. The predicted molar refractivity (Wildman–Crippen MR) is 61.8 cm³/mol. The maximum absolute atomic E-state index is 11.6. The normalized spacial score (nSPS) is 11.9. The van der Waals surface area contributed by atoms with Gasteiger partial charge in [0.1, 0.15) is 0 Å². The number of carbonyl (C=O) groups excluding carboxylic acids is 1. The lowest BCUT2D eigenvalue weighted by Gasteiger charge is -2.07. The fourth-order valence-electron chi connectivity index (χ4n) is 1.33. The van der Waals surface area contributed by atoms with E-state index in [0.717, 1.165) is 5.56 Å². The number of benzene rings is 1. The highest BCUT2D eigenvalue weighted by Gasteiger charge is 2.13. The van der Waals surface area contributed by atoms with Gasteiger partial charge in [0.2, 0.25) is 0 Å². The molecule has 1 atom stereocenters. The van der Waals surface area contributed by atoms with Crippen LogP contribution in [-0.4, -0.2) is 34.7 Å². The number of hydrogen-bond donors (Lipinski definition) is 3. The molecule has 1 aromatic rings. The summed E-state index contributed by atoms with van der Waals surface area (Å²) in [6.07, 6.45) is -1.44. The third kappa shape index (κ3) is 4.24. The van der Waals surface area contributed by atoms with Gasteiger partial charge in [-0.15, -0.1) is 0 Å². The van der Waals surface area contributed by atoms with E-state index in [9.17, 15) is 9.59 Å². The van der Waals surface area contributed by atoms with E-state index in [2.05, 4.69) is 5.32 Å². The van der Waals surface area contributed by atoms with Crippen molar-refractivity contribution in [1.82, 2.24) is 5.32 Å². The van der Waals surface area contributed by atoms with Crippen LogP contribution in [0.4, 0.5) is 0 Å². The van der Waals surface area contributed by atoms with Crippen molar-refractivity contribution in [3.05, 3.63) is 35.4 Å². The number of nitrogens with one attached hydrogen (secondary N) is 1. The Labute approximate surface area is 99.1 Å². The monoisotopic (exact) mass is 237 g/mol. The first-order chi connectivity index (χ1) is 8.00. The zero-order chi connectivity index (χ0) is 12.8. The molecule has 0 heterocycles. The van der Waals surface area contributed by atoms with Crippen LogP contribution in [0.5, 0.6) is 0 Å². The number of aryl methyl sites for hydroxylation is 1. The van der Waals surface area contributed by atoms with Gasteiger partial charge >= 0.3 is 5.97 Å². The number of aliphatic hydroxyl groups is 1. The minimum Gasteiger partial charge on any atom is -0.479 e. The maximum atomic E-state index is 11.6. The van der Waals surface area contributed by atoms with Crippen LogP contribution in [0.3, 0.4) is 0 Å². The van der Waals surface area contributed by atoms with Crippen LogP contribution in [0, 0.1) is 6.92 Å². The summed E-state index contributed by atoms with van der Waals surface area (Å²) in [7, 11) is 0. The zero-order valence-electron chi connectivity index (χ0n) is 9.51. The fourth-order valence-corrected chi connectivity index (χ4v) is 1.33. The number of aliphatic hydroxyl groups excluding tert-OH is 1. The average molecular weight is 237 g/mol. The van der Waals surface area contributed by atoms with Gasteiger partial charge in [-0.1, -0.05) is 17.7 Å². The van der Waals surface area contributed by atoms with Crippen molar-refractivity contribution < 1.29 is 19.8 Å². The quantitative estimate of drug-likeness (QED) is 0.698. The number of rotatable bonds is 5. The molecular weight excluding hydrogens is 222 g/mol. The molecule has 5 heteroatoms. The molecule has 0 saturated carbocycles. The zero-order valence-corrected chi connectivity index (χ0v) is 9.51. The van der Waals surface area contributed by atoms with Gasteiger partial charge in [0.25, 0.3) is 5.91 Å². The molecule has 0 fully saturated rings. The topological polar surface area (TPSA) is 86.6 Å². The number of carbonyl (C=O) groups is 2. The molecule has 5 nitrogen and oxygen atoms in total. The number of carboxylic acid groups (broad SMARTS) is 1. The van der Waals surface area contributed by atoms with E-state index in [-0.39, 0.29) is 18.9 Å². The second kappa shape index (κ2) is 6.00. The van der Waals surface area contributed by atoms with Gasteiger partial charge in [0, 0.05) is 18.5 Å². The van der Waals surface area contributed by atoms with Gasteiger partial charge < -0.3 is 15.5 Å². The van der Waals surface area contributed by atoms with Crippen molar-refractivity contribution in [1.29, 1.82) is 0 Å². The number of amides is 1. The average Bonchev–Trinajstić information content (AvgIpc) is 2.28. The Bertz CT molecular complexity index is 417. The lowest BCUT2D eigenvalue weighted by atomic mass is 10.1. The Morgan fingerprint density at radius 2 is 2.12 bits per heavy atom. The second-order valence-electron chi connectivity index (χ2n) is 3.77. The van der Waals surface area contributed by atoms with Crippen molar-refractivity contribution in [2.45, 2.75) is 19.4 Å². The molecule has 0 aliphatic heterocycles. The third-order valence-electron chi connectivity index (χ3n) is 2.27. The van der Waals surface area contributed by atoms with E-state index in [4.69, 9.17) is 10.2 Å². The molecule has 92 valence electrons. The molecule has 1 amide bonds. The molecule has 1 unspecified atom stereocenters. The van der Waals surface area contributed by atoms with Crippen LogP contribution >= 0.6 is 0 Å². The molecule has 1 rings (SSSR count). The molecule has 17 heavy (non-hydrogen) atoms. The van der Waals surface area contributed by atoms with Crippen molar-refractivity contribution in [2.24, 2.45) is 0 Å². The van der Waals surface area contributed by atoms with Crippen LogP contribution in [0.25, 0.3) is 0 Å². The summed E-state index contributed by atoms with van der Waals surface area (Å²) < 4.78 is 0. The Morgan fingerprint density at radius 3 is 2.71 bits per heavy atom. The van der Waals surface area contributed by atoms with E-state index in [1.54, 1.807) is 18.2 Å². The highest BCUT2D eigenvalue weighted by atomic mass is 16.4. The molecule has 0 aliphatic rings. The summed E-state index contributed by atoms with van der Waals surface area (Å²) in [5, 5.41) is 20.0. The third-order valence-corrected chi connectivity index (χ3v) is 2.27. The van der Waals surface area contributed by atoms with Gasteiger partial charge in [-0.25, -0.2) is 4.79 Å². The highest BCUT2D eigenvalue weighted by Crippen LogP contribution is 2.03. The van der Waals surface area contributed by atoms with E-state index in [1.165, 1.54) is 0 Å². The summed E-state index contributed by atoms with van der Waals surface area (Å²) in [5.41, 5.74) is 1.50. The largest absolute Gasteiger partial charge is 0.479 e. The number of aliphatic carboxylic acids is 1. The van der Waals surface area contributed by atoms with Gasteiger partial charge in [-0.05, 0) is 19.1 Å². The maximum Gasteiger partial charge on any atom is 0.332 e. The Hall–Kier alpha value is -1.88. The fraction of sp³-hybridized carbons (Fsp3) is 0.333. The Balaban J connectivity index is 2.43. The first kappa shape index (κ1) is 13.2. The van der Waals surface area contributed by atoms with Crippen LogP contribution in [0.2, 0.25) is 0 Å². The summed E-state index contributed by atoms with van der Waals surface area (Å²) in [6, 6.07) is 7.07. The Kier molecular flexibility index (Phi) is 4.66. The molecule has 0 aliphatic carbocycles. The molecule has 0 bridgehead atoms. The van der Waals surface area contributed by atoms with E-state index in [0.29, 0.717) is 5.56 Å². The lowest BCUT2D eigenvalue weighted by molar-refractivity contribution is -0.146. The van der Waals surface area contributed by atoms with Gasteiger partial charge in [-0.2, -0.15) is 0 Å². The van der Waals surface area contributed by atoms with Gasteiger partial charge in [0.15, 0.2) is 6.10 Å². The van der Waals surface area contributed by atoms with E-state index >= 15 is 0 Å². The summed E-state index contributed by atoms with van der Waals surface area (Å²) in [6.45, 7) is 2.01. The van der Waals surface area contributed by atoms with Crippen LogP contribution in [0.15, 0.2) is 24.3 Å². The van der Waals surface area contributed by atoms with Crippen LogP contribution in [-0.2, 0) is 4.79 Å². The lowest BCUT2D eigenvalue weighted by Crippen LogP contribution is -2.30. The van der Waals surface area contributed by atoms with E-state index < -0.39 is 12.1 Å². The molecule has 0 aromatic heterocycles. The summed E-state index contributed by atoms with van der Waals surface area (Å²) in [5.74, 6) is -1.55. The summed E-state index contributed by atoms with van der Waals surface area (Å²) in [4.78, 5) is 21.9. The standard InChI is InChI=1S/C12H15NO4/c1-8-3-2-4-9(7-8)11(15)13-6-5-10(14)12(16)17/h2-4,7,10,14H,5-6H2,1H3,(H,13,15)(H,16,17). The van der Waals surface area contributed by atoms with Crippen molar-refractivity contribution in [3.63, 3.8) is 0 Å². The molecular formula is C12H15NO4. The molecule has 0 spiro atoms. The molecule has 1 aromatic carbocycles. The van der Waals surface area contributed by atoms with Crippen LogP contribution in [0.1, 0.15) is 22.3 Å². The van der Waals surface area contributed by atoms with Gasteiger partial charge in [-0.3, -0.25) is 4.79 Å². The summed E-state index contributed by atoms with van der Waals surface area (Å²) >= 11 is 0. The van der Waals surface area contributed by atoms with Gasteiger partial charge in [0.05, 0.1) is 0 Å². The highest BCUT2D eigenvalue weighted by molar-refractivity contribution is 5.94. The number of carboxylic acids is 1. The minimum absolute atomic E-state index is 0.00705. The first-order valence-corrected chi connectivity index (χ1v) is 5.26. The van der Waals surface area contributed by atoms with E-state index in [1.807, 2.05) is 13.0 Å². The van der Waals surface area contributed by atoms with Crippen molar-refractivity contribution in [2.75, 3.05) is 6.54 Å². The molecule has 3 N–H and O–H groups in total. The first-order valence-electron chi connectivity index (χ1n) is 5.26. The van der Waals surface area contributed by atoms with Crippen molar-refractivity contribution >= 4 is 11.9 Å². The number of hydrogen-bond acceptors (Lipinski definition) is 3. The molecule has 0 saturated heterocycles. The van der Waals surface area contributed by atoms with Crippen LogP contribution < -0.4 is 5.32 Å². The second-order valence-corrected chi connectivity index (χ2v) is 3.77.